The van der Waals surface area contributed by atoms with Crippen LogP contribution in [0.4, 0.5) is 0 Å². The Balaban J connectivity index is 2.84. The summed E-state index contributed by atoms with van der Waals surface area (Å²) in [7, 11) is 1.39. The predicted molar refractivity (Wildman–Crippen MR) is 78.0 cm³/mol. The molecule has 102 valence electrons. The molecule has 0 aliphatic rings. The van der Waals surface area contributed by atoms with Crippen LogP contribution in [0.5, 0.6) is 0 Å². The lowest BCUT2D eigenvalue weighted by molar-refractivity contribution is 0.0603. The van der Waals surface area contributed by atoms with Gasteiger partial charge in [0, 0.05) is 16.6 Å². The standard InChI is InChI=1S/C15H18ClNO2/c1-8-9(2)17-12-7-10(15(3,4)16)6-11(13(8)12)14(18)19-5/h6-7,17H,1-5H3. The summed E-state index contributed by atoms with van der Waals surface area (Å²) in [6.07, 6.45) is 0. The molecule has 0 amide bonds. The maximum atomic E-state index is 12.0. The molecular formula is C15H18ClNO2. The lowest BCUT2D eigenvalue weighted by Crippen LogP contribution is -2.10. The molecule has 1 N–H and O–H groups in total. The Bertz CT molecular complexity index is 650. The number of rotatable bonds is 2. The second kappa shape index (κ2) is 4.57. The van der Waals surface area contributed by atoms with Crippen molar-refractivity contribution in [1.82, 2.24) is 4.98 Å². The Morgan fingerprint density at radius 1 is 1.32 bits per heavy atom. The fraction of sp³-hybridized carbons (Fsp3) is 0.400. The molecule has 0 atom stereocenters. The van der Waals surface area contributed by atoms with E-state index in [0.29, 0.717) is 5.56 Å². The third-order valence-electron chi connectivity index (χ3n) is 3.49. The molecule has 4 heteroatoms. The molecule has 0 saturated heterocycles. The number of benzene rings is 1. The van der Waals surface area contributed by atoms with Crippen molar-refractivity contribution < 1.29 is 9.53 Å². The molecule has 0 spiro atoms. The van der Waals surface area contributed by atoms with Crippen molar-refractivity contribution in [3.63, 3.8) is 0 Å². The number of esters is 1. The first-order chi connectivity index (χ1) is 8.75. The van der Waals surface area contributed by atoms with Crippen LogP contribution in [0.2, 0.25) is 0 Å². The zero-order chi connectivity index (χ0) is 14.4. The van der Waals surface area contributed by atoms with Crippen LogP contribution in [0.1, 0.15) is 41.0 Å². The largest absolute Gasteiger partial charge is 0.465 e. The van der Waals surface area contributed by atoms with Crippen LogP contribution in [-0.4, -0.2) is 18.1 Å². The summed E-state index contributed by atoms with van der Waals surface area (Å²) in [6.45, 7) is 7.78. The van der Waals surface area contributed by atoms with Crippen molar-refractivity contribution in [2.45, 2.75) is 32.6 Å². The van der Waals surface area contributed by atoms with E-state index in [0.717, 1.165) is 27.7 Å². The van der Waals surface area contributed by atoms with E-state index in [1.807, 2.05) is 39.8 Å². The molecule has 0 saturated carbocycles. The van der Waals surface area contributed by atoms with E-state index < -0.39 is 4.87 Å². The van der Waals surface area contributed by atoms with Crippen molar-refractivity contribution in [2.24, 2.45) is 0 Å². The molecule has 19 heavy (non-hydrogen) atoms. The molecule has 0 aliphatic heterocycles. The Hall–Kier alpha value is -1.48. The second-order valence-electron chi connectivity index (χ2n) is 5.29. The molecule has 2 rings (SSSR count). The molecule has 0 bridgehead atoms. The molecule has 0 fully saturated rings. The number of H-pyrrole nitrogens is 1. The Kier molecular flexibility index (Phi) is 3.35. The van der Waals surface area contributed by atoms with Gasteiger partial charge >= 0.3 is 5.97 Å². The first-order valence-corrected chi connectivity index (χ1v) is 6.54. The summed E-state index contributed by atoms with van der Waals surface area (Å²) in [6, 6.07) is 3.82. The smallest absolute Gasteiger partial charge is 0.338 e. The van der Waals surface area contributed by atoms with Crippen molar-refractivity contribution in [2.75, 3.05) is 7.11 Å². The summed E-state index contributed by atoms with van der Waals surface area (Å²) in [5, 5.41) is 0.911. The summed E-state index contributed by atoms with van der Waals surface area (Å²) in [5.74, 6) is -0.338. The number of ether oxygens (including phenoxy) is 1. The fourth-order valence-electron chi connectivity index (χ4n) is 2.24. The zero-order valence-corrected chi connectivity index (χ0v) is 12.6. The zero-order valence-electron chi connectivity index (χ0n) is 11.8. The quantitative estimate of drug-likeness (QED) is 0.666. The van der Waals surface area contributed by atoms with Gasteiger partial charge in [0.1, 0.15) is 0 Å². The molecule has 0 unspecified atom stereocenters. The number of aromatic nitrogens is 1. The average Bonchev–Trinajstić information content (AvgIpc) is 2.62. The van der Waals surface area contributed by atoms with E-state index in [4.69, 9.17) is 16.3 Å². The topological polar surface area (TPSA) is 42.1 Å². The number of carbonyl (C=O) groups is 1. The van der Waals surface area contributed by atoms with Crippen molar-refractivity contribution in [3.05, 3.63) is 34.5 Å². The summed E-state index contributed by atoms with van der Waals surface area (Å²) >= 11 is 6.36. The van der Waals surface area contributed by atoms with E-state index >= 15 is 0 Å². The highest BCUT2D eigenvalue weighted by Gasteiger charge is 2.23. The maximum Gasteiger partial charge on any atom is 0.338 e. The van der Waals surface area contributed by atoms with E-state index in [9.17, 15) is 4.79 Å². The number of aromatic amines is 1. The number of alkyl halides is 1. The van der Waals surface area contributed by atoms with E-state index in [1.165, 1.54) is 7.11 Å². The van der Waals surface area contributed by atoms with Gasteiger partial charge in [0.2, 0.25) is 0 Å². The number of halogens is 1. The van der Waals surface area contributed by atoms with Crippen molar-refractivity contribution >= 4 is 28.5 Å². The first-order valence-electron chi connectivity index (χ1n) is 6.16. The second-order valence-corrected chi connectivity index (χ2v) is 6.23. The number of aryl methyl sites for hydroxylation is 2. The molecule has 3 nitrogen and oxygen atoms in total. The van der Waals surface area contributed by atoms with Gasteiger partial charge in [-0.25, -0.2) is 4.79 Å². The number of nitrogens with one attached hydrogen (secondary N) is 1. The summed E-state index contributed by atoms with van der Waals surface area (Å²) < 4.78 is 4.88. The van der Waals surface area contributed by atoms with Gasteiger partial charge in [-0.3, -0.25) is 0 Å². The third-order valence-corrected chi connectivity index (χ3v) is 3.71. The highest BCUT2D eigenvalue weighted by Crippen LogP contribution is 2.34. The average molecular weight is 280 g/mol. The van der Waals surface area contributed by atoms with Crippen LogP contribution < -0.4 is 0 Å². The van der Waals surface area contributed by atoms with Crippen LogP contribution >= 0.6 is 11.6 Å². The monoisotopic (exact) mass is 279 g/mol. The van der Waals surface area contributed by atoms with E-state index in [2.05, 4.69) is 4.98 Å². The minimum atomic E-state index is -0.538. The molecule has 1 heterocycles. The lowest BCUT2D eigenvalue weighted by Gasteiger charge is -2.17. The number of methoxy groups -OCH3 is 1. The fourth-order valence-corrected chi connectivity index (χ4v) is 2.35. The highest BCUT2D eigenvalue weighted by molar-refractivity contribution is 6.23. The Morgan fingerprint density at radius 3 is 2.47 bits per heavy atom. The number of carbonyl (C=O) groups excluding carboxylic acids is 1. The van der Waals surface area contributed by atoms with Crippen LogP contribution in [0, 0.1) is 13.8 Å². The normalized spacial score (nSPS) is 11.9. The predicted octanol–water partition coefficient (Wildman–Crippen LogP) is 4.05. The number of fused-ring (bicyclic) bond motifs is 1. The van der Waals surface area contributed by atoms with Crippen LogP contribution in [0.3, 0.4) is 0 Å². The maximum absolute atomic E-state index is 12.0. The van der Waals surface area contributed by atoms with Gasteiger partial charge < -0.3 is 9.72 Å². The van der Waals surface area contributed by atoms with Gasteiger partial charge in [0.15, 0.2) is 0 Å². The van der Waals surface area contributed by atoms with Gasteiger partial charge in [0.25, 0.3) is 0 Å². The lowest BCUT2D eigenvalue weighted by atomic mass is 9.96. The minimum Gasteiger partial charge on any atom is -0.465 e. The van der Waals surface area contributed by atoms with Gasteiger partial charge in [-0.2, -0.15) is 0 Å². The van der Waals surface area contributed by atoms with E-state index in [1.54, 1.807) is 0 Å². The first kappa shape index (κ1) is 13.9. The molecule has 0 radical (unpaired) electrons. The van der Waals surface area contributed by atoms with E-state index in [-0.39, 0.29) is 5.97 Å². The molecule has 1 aromatic carbocycles. The Labute approximate surface area is 117 Å². The SMILES string of the molecule is COC(=O)c1cc(C(C)(C)Cl)cc2[nH]c(C)c(C)c12. The minimum absolute atomic E-state index is 0.338. The number of hydrogen-bond donors (Lipinski definition) is 1. The molecule has 0 aliphatic carbocycles. The number of hydrogen-bond acceptors (Lipinski definition) is 2. The summed E-state index contributed by atoms with van der Waals surface area (Å²) in [5.41, 5.74) is 4.48. The van der Waals surface area contributed by atoms with Crippen LogP contribution in [0.15, 0.2) is 12.1 Å². The van der Waals surface area contributed by atoms with Gasteiger partial charge in [-0.05, 0) is 51.0 Å². The highest BCUT2D eigenvalue weighted by atomic mass is 35.5. The molecule has 2 aromatic rings. The van der Waals surface area contributed by atoms with Crippen molar-refractivity contribution in [3.8, 4) is 0 Å². The molecule has 1 aromatic heterocycles. The third kappa shape index (κ3) is 2.35. The van der Waals surface area contributed by atoms with Gasteiger partial charge in [-0.1, -0.05) is 0 Å². The van der Waals surface area contributed by atoms with Crippen molar-refractivity contribution in [1.29, 1.82) is 0 Å². The van der Waals surface area contributed by atoms with Gasteiger partial charge in [-0.15, -0.1) is 11.6 Å². The Morgan fingerprint density at radius 2 is 1.95 bits per heavy atom. The molecular weight excluding hydrogens is 262 g/mol. The van der Waals surface area contributed by atoms with Crippen LogP contribution in [-0.2, 0) is 9.61 Å². The van der Waals surface area contributed by atoms with Gasteiger partial charge in [0.05, 0.1) is 17.5 Å². The van der Waals surface area contributed by atoms with Crippen LogP contribution in [0.25, 0.3) is 10.9 Å². The summed E-state index contributed by atoms with van der Waals surface area (Å²) in [4.78, 5) is 14.7.